The van der Waals surface area contributed by atoms with E-state index in [-0.39, 0.29) is 11.6 Å². The molecule has 1 aromatic heterocycles. The summed E-state index contributed by atoms with van der Waals surface area (Å²) in [5.41, 5.74) is 1.00. The molecule has 1 N–H and O–H groups in total. The van der Waals surface area contributed by atoms with Crippen molar-refractivity contribution in [1.29, 1.82) is 0 Å². The lowest BCUT2D eigenvalue weighted by Crippen LogP contribution is -2.35. The number of nitrogens with one attached hydrogen (secondary N) is 1. The van der Waals surface area contributed by atoms with Crippen molar-refractivity contribution < 1.29 is 14.1 Å². The van der Waals surface area contributed by atoms with E-state index in [0.29, 0.717) is 19.1 Å². The minimum atomic E-state index is -0.278. The highest BCUT2D eigenvalue weighted by atomic mass is 16.5. The zero-order valence-corrected chi connectivity index (χ0v) is 10.9. The monoisotopic (exact) mass is 273 g/mol. The van der Waals surface area contributed by atoms with Gasteiger partial charge in [-0.3, -0.25) is 4.79 Å². The Balaban J connectivity index is 1.68. The lowest BCUT2D eigenvalue weighted by Gasteiger charge is -2.25. The van der Waals surface area contributed by atoms with Crippen molar-refractivity contribution >= 4 is 17.5 Å². The molecule has 1 saturated heterocycles. The Morgan fingerprint density at radius 1 is 1.20 bits per heavy atom. The molecule has 1 aromatic carbocycles. The molecule has 2 heterocycles. The van der Waals surface area contributed by atoms with Gasteiger partial charge >= 0.3 is 0 Å². The van der Waals surface area contributed by atoms with Crippen LogP contribution in [0.5, 0.6) is 0 Å². The molecule has 104 valence electrons. The number of hydrogen-bond acceptors (Lipinski definition) is 5. The first-order valence-electron chi connectivity index (χ1n) is 6.49. The zero-order valence-electron chi connectivity index (χ0n) is 10.9. The number of aromatic nitrogens is 1. The van der Waals surface area contributed by atoms with Gasteiger partial charge in [-0.15, -0.1) is 0 Å². The van der Waals surface area contributed by atoms with Crippen molar-refractivity contribution in [1.82, 2.24) is 5.16 Å². The Morgan fingerprint density at radius 3 is 2.70 bits per heavy atom. The van der Waals surface area contributed by atoms with Gasteiger partial charge in [0.15, 0.2) is 5.69 Å². The minimum Gasteiger partial charge on any atom is -0.378 e. The van der Waals surface area contributed by atoms with Crippen LogP contribution in [-0.4, -0.2) is 37.4 Å². The fourth-order valence-corrected chi connectivity index (χ4v) is 2.02. The zero-order chi connectivity index (χ0) is 13.8. The third kappa shape index (κ3) is 2.80. The maximum absolute atomic E-state index is 12.0. The molecular weight excluding hydrogens is 258 g/mol. The minimum absolute atomic E-state index is 0.273. The van der Waals surface area contributed by atoms with Crippen LogP contribution < -0.4 is 10.2 Å². The number of para-hydroxylation sites is 1. The summed E-state index contributed by atoms with van der Waals surface area (Å²) in [5.74, 6) is 0.325. The highest BCUT2D eigenvalue weighted by molar-refractivity contribution is 6.03. The summed E-state index contributed by atoms with van der Waals surface area (Å²) in [4.78, 5) is 14.0. The summed E-state index contributed by atoms with van der Waals surface area (Å²) in [6.07, 6.45) is 0. The quantitative estimate of drug-likeness (QED) is 0.923. The first-order valence-corrected chi connectivity index (χ1v) is 6.49. The number of ether oxygens (including phenoxy) is 1. The SMILES string of the molecule is O=C(Nc1ccccc1)c1cc(N2CCOCC2)on1. The second-order valence-corrected chi connectivity index (χ2v) is 4.47. The summed E-state index contributed by atoms with van der Waals surface area (Å²) in [7, 11) is 0. The largest absolute Gasteiger partial charge is 0.378 e. The lowest BCUT2D eigenvalue weighted by atomic mass is 10.3. The highest BCUT2D eigenvalue weighted by Gasteiger charge is 2.18. The molecule has 0 saturated carbocycles. The van der Waals surface area contributed by atoms with Crippen molar-refractivity contribution in [3.8, 4) is 0 Å². The van der Waals surface area contributed by atoms with Crippen LogP contribution >= 0.6 is 0 Å². The van der Waals surface area contributed by atoms with Crippen LogP contribution in [-0.2, 0) is 4.74 Å². The van der Waals surface area contributed by atoms with E-state index < -0.39 is 0 Å². The predicted octanol–water partition coefficient (Wildman–Crippen LogP) is 1.76. The Labute approximate surface area is 116 Å². The molecule has 1 aliphatic rings. The molecular formula is C14H15N3O3. The van der Waals surface area contributed by atoms with Gasteiger partial charge in [0.2, 0.25) is 5.88 Å². The average Bonchev–Trinajstić information content (AvgIpc) is 2.99. The maximum atomic E-state index is 12.0. The topological polar surface area (TPSA) is 67.6 Å². The summed E-state index contributed by atoms with van der Waals surface area (Å²) in [5, 5.41) is 6.59. The molecule has 1 aliphatic heterocycles. The lowest BCUT2D eigenvalue weighted by molar-refractivity contribution is 0.101. The van der Waals surface area contributed by atoms with E-state index >= 15 is 0 Å². The van der Waals surface area contributed by atoms with Gasteiger partial charge in [-0.2, -0.15) is 0 Å². The van der Waals surface area contributed by atoms with Crippen molar-refractivity contribution in [3.05, 3.63) is 42.1 Å². The summed E-state index contributed by atoms with van der Waals surface area (Å²) in [6.45, 7) is 2.81. The van der Waals surface area contributed by atoms with E-state index in [0.717, 1.165) is 18.8 Å². The Hall–Kier alpha value is -2.34. The first-order chi connectivity index (χ1) is 9.83. The average molecular weight is 273 g/mol. The van der Waals surface area contributed by atoms with Gasteiger partial charge in [0.1, 0.15) is 0 Å². The van der Waals surface area contributed by atoms with E-state index in [1.54, 1.807) is 6.07 Å². The van der Waals surface area contributed by atoms with Crippen LogP contribution in [0.4, 0.5) is 11.6 Å². The molecule has 1 fully saturated rings. The number of carbonyl (C=O) groups excluding carboxylic acids is 1. The molecule has 0 atom stereocenters. The molecule has 0 radical (unpaired) electrons. The van der Waals surface area contributed by atoms with Gasteiger partial charge in [-0.1, -0.05) is 23.4 Å². The van der Waals surface area contributed by atoms with E-state index in [1.807, 2.05) is 35.2 Å². The number of carbonyl (C=O) groups is 1. The molecule has 6 nitrogen and oxygen atoms in total. The molecule has 6 heteroatoms. The number of rotatable bonds is 3. The highest BCUT2D eigenvalue weighted by Crippen LogP contribution is 2.18. The number of anilines is 2. The Bertz CT molecular complexity index is 576. The van der Waals surface area contributed by atoms with E-state index in [4.69, 9.17) is 9.26 Å². The van der Waals surface area contributed by atoms with Crippen molar-refractivity contribution in [2.75, 3.05) is 36.5 Å². The first kappa shape index (κ1) is 12.7. The van der Waals surface area contributed by atoms with Crippen molar-refractivity contribution in [3.63, 3.8) is 0 Å². The number of benzene rings is 1. The van der Waals surface area contributed by atoms with Gasteiger partial charge in [-0.25, -0.2) is 0 Å². The van der Waals surface area contributed by atoms with Crippen LogP contribution in [0.2, 0.25) is 0 Å². The van der Waals surface area contributed by atoms with Crippen LogP contribution in [0.15, 0.2) is 40.9 Å². The second-order valence-electron chi connectivity index (χ2n) is 4.47. The second kappa shape index (κ2) is 5.75. The maximum Gasteiger partial charge on any atom is 0.277 e. The predicted molar refractivity (Wildman–Crippen MR) is 73.9 cm³/mol. The van der Waals surface area contributed by atoms with Crippen LogP contribution in [0.25, 0.3) is 0 Å². The van der Waals surface area contributed by atoms with E-state index in [2.05, 4.69) is 10.5 Å². The number of nitrogens with zero attached hydrogens (tertiary/aromatic N) is 2. The van der Waals surface area contributed by atoms with Gasteiger partial charge < -0.3 is 19.5 Å². The number of morpholine rings is 1. The van der Waals surface area contributed by atoms with E-state index in [9.17, 15) is 4.79 Å². The molecule has 3 rings (SSSR count). The van der Waals surface area contributed by atoms with Crippen LogP contribution in [0.3, 0.4) is 0 Å². The van der Waals surface area contributed by atoms with Crippen LogP contribution in [0, 0.1) is 0 Å². The van der Waals surface area contributed by atoms with Crippen molar-refractivity contribution in [2.45, 2.75) is 0 Å². The summed E-state index contributed by atoms with van der Waals surface area (Å²) in [6, 6.07) is 10.9. The third-order valence-electron chi connectivity index (χ3n) is 3.08. The van der Waals surface area contributed by atoms with Gasteiger partial charge in [-0.05, 0) is 12.1 Å². The standard InChI is InChI=1S/C14H15N3O3/c18-14(15-11-4-2-1-3-5-11)12-10-13(20-16-12)17-6-8-19-9-7-17/h1-5,10H,6-9H2,(H,15,18). The van der Waals surface area contributed by atoms with Crippen molar-refractivity contribution in [2.24, 2.45) is 0 Å². The fourth-order valence-electron chi connectivity index (χ4n) is 2.02. The van der Waals surface area contributed by atoms with E-state index in [1.165, 1.54) is 0 Å². The summed E-state index contributed by atoms with van der Waals surface area (Å²) >= 11 is 0. The normalized spacial score (nSPS) is 15.1. The molecule has 20 heavy (non-hydrogen) atoms. The molecule has 0 aliphatic carbocycles. The Morgan fingerprint density at radius 2 is 1.95 bits per heavy atom. The molecule has 2 aromatic rings. The Kier molecular flexibility index (Phi) is 3.64. The molecule has 0 bridgehead atoms. The summed E-state index contributed by atoms with van der Waals surface area (Å²) < 4.78 is 10.5. The van der Waals surface area contributed by atoms with Gasteiger partial charge in [0, 0.05) is 24.8 Å². The number of hydrogen-bond donors (Lipinski definition) is 1. The van der Waals surface area contributed by atoms with Gasteiger partial charge in [0.25, 0.3) is 5.91 Å². The third-order valence-corrected chi connectivity index (χ3v) is 3.08. The smallest absolute Gasteiger partial charge is 0.277 e. The molecule has 1 amide bonds. The fraction of sp³-hybridized carbons (Fsp3) is 0.286. The molecule has 0 spiro atoms. The number of amides is 1. The van der Waals surface area contributed by atoms with Crippen LogP contribution in [0.1, 0.15) is 10.5 Å². The molecule has 0 unspecified atom stereocenters. The van der Waals surface area contributed by atoms with Gasteiger partial charge in [0.05, 0.1) is 13.2 Å².